The predicted octanol–water partition coefficient (Wildman–Crippen LogP) is 0.992. The van der Waals surface area contributed by atoms with E-state index in [1.54, 1.807) is 29.5 Å². The number of amides is 1. The molecule has 0 spiro atoms. The Kier molecular flexibility index (Phi) is 4.87. The minimum Gasteiger partial charge on any atom is -0.378 e. The van der Waals surface area contributed by atoms with Crippen LogP contribution in [0.3, 0.4) is 0 Å². The largest absolute Gasteiger partial charge is 0.378 e. The number of ether oxygens (including phenoxy) is 1. The van der Waals surface area contributed by atoms with Crippen molar-refractivity contribution in [3.8, 4) is 0 Å². The monoisotopic (exact) mass is 315 g/mol. The third kappa shape index (κ3) is 3.68. The van der Waals surface area contributed by atoms with Crippen LogP contribution in [0, 0.1) is 0 Å². The molecule has 1 aliphatic rings. The average molecular weight is 315 g/mol. The number of imidazole rings is 1. The summed E-state index contributed by atoms with van der Waals surface area (Å²) in [5, 5.41) is 2.98. The second-order valence-corrected chi connectivity index (χ2v) is 5.49. The SMILES string of the molecule is CC(C(=O)NCc1cccnc1N1CCOCC1)n1ccnc1. The van der Waals surface area contributed by atoms with E-state index in [-0.39, 0.29) is 11.9 Å². The maximum atomic E-state index is 12.3. The highest BCUT2D eigenvalue weighted by Crippen LogP contribution is 2.18. The molecule has 0 aliphatic carbocycles. The summed E-state index contributed by atoms with van der Waals surface area (Å²) in [5.74, 6) is 0.881. The lowest BCUT2D eigenvalue weighted by Crippen LogP contribution is -2.38. The van der Waals surface area contributed by atoms with E-state index in [2.05, 4.69) is 20.2 Å². The summed E-state index contributed by atoms with van der Waals surface area (Å²) in [7, 11) is 0. The van der Waals surface area contributed by atoms with Gasteiger partial charge in [0.1, 0.15) is 11.9 Å². The molecule has 1 aliphatic heterocycles. The minimum absolute atomic E-state index is 0.0419. The van der Waals surface area contributed by atoms with Crippen molar-refractivity contribution in [3.05, 3.63) is 42.6 Å². The zero-order chi connectivity index (χ0) is 16.1. The number of hydrogen-bond acceptors (Lipinski definition) is 5. The lowest BCUT2D eigenvalue weighted by molar-refractivity contribution is -0.124. The van der Waals surface area contributed by atoms with Crippen LogP contribution >= 0.6 is 0 Å². The first-order chi connectivity index (χ1) is 11.3. The van der Waals surface area contributed by atoms with E-state index in [0.29, 0.717) is 19.8 Å². The van der Waals surface area contributed by atoms with Crippen molar-refractivity contribution in [3.63, 3.8) is 0 Å². The fraction of sp³-hybridized carbons (Fsp3) is 0.438. The van der Waals surface area contributed by atoms with E-state index in [0.717, 1.165) is 24.5 Å². The van der Waals surface area contributed by atoms with Crippen LogP contribution in [0.1, 0.15) is 18.5 Å². The molecule has 1 atom stereocenters. The standard InChI is InChI=1S/C16H21N5O2/c1-13(21-6-5-17-12-21)16(22)19-11-14-3-2-4-18-15(14)20-7-9-23-10-8-20/h2-6,12-13H,7-11H2,1H3,(H,19,22). The highest BCUT2D eigenvalue weighted by atomic mass is 16.5. The van der Waals surface area contributed by atoms with Crippen LogP contribution in [0.5, 0.6) is 0 Å². The van der Waals surface area contributed by atoms with E-state index in [9.17, 15) is 4.79 Å². The zero-order valence-electron chi connectivity index (χ0n) is 13.2. The molecule has 0 aromatic carbocycles. The van der Waals surface area contributed by atoms with Gasteiger partial charge in [-0.15, -0.1) is 0 Å². The van der Waals surface area contributed by atoms with Gasteiger partial charge in [0.15, 0.2) is 0 Å². The van der Waals surface area contributed by atoms with Gasteiger partial charge in [-0.3, -0.25) is 4.79 Å². The fourth-order valence-corrected chi connectivity index (χ4v) is 2.59. The first-order valence-corrected chi connectivity index (χ1v) is 7.77. The highest BCUT2D eigenvalue weighted by molar-refractivity contribution is 5.80. The Morgan fingerprint density at radius 2 is 2.22 bits per heavy atom. The molecule has 2 aromatic rings. The molecule has 0 saturated carbocycles. The van der Waals surface area contributed by atoms with Crippen LogP contribution in [0.25, 0.3) is 0 Å². The quantitative estimate of drug-likeness (QED) is 0.891. The van der Waals surface area contributed by atoms with Gasteiger partial charge in [0.2, 0.25) is 5.91 Å². The van der Waals surface area contributed by atoms with Gasteiger partial charge in [0.05, 0.1) is 19.5 Å². The molecule has 0 radical (unpaired) electrons. The smallest absolute Gasteiger partial charge is 0.243 e. The van der Waals surface area contributed by atoms with Gasteiger partial charge >= 0.3 is 0 Å². The Bertz CT molecular complexity index is 638. The van der Waals surface area contributed by atoms with Crippen LogP contribution in [0.2, 0.25) is 0 Å². The molecular weight excluding hydrogens is 294 g/mol. The van der Waals surface area contributed by atoms with Gasteiger partial charge in [-0.1, -0.05) is 6.07 Å². The van der Waals surface area contributed by atoms with Crippen molar-refractivity contribution in [2.75, 3.05) is 31.2 Å². The average Bonchev–Trinajstić information content (AvgIpc) is 3.14. The topological polar surface area (TPSA) is 72.3 Å². The maximum absolute atomic E-state index is 12.3. The highest BCUT2D eigenvalue weighted by Gasteiger charge is 2.18. The minimum atomic E-state index is -0.291. The first-order valence-electron chi connectivity index (χ1n) is 7.77. The molecular formula is C16H21N5O2. The van der Waals surface area contributed by atoms with Crippen molar-refractivity contribution < 1.29 is 9.53 Å². The van der Waals surface area contributed by atoms with Crippen LogP contribution in [-0.4, -0.2) is 46.7 Å². The predicted molar refractivity (Wildman–Crippen MR) is 86.1 cm³/mol. The Hall–Kier alpha value is -2.41. The third-order valence-electron chi connectivity index (χ3n) is 3.98. The van der Waals surface area contributed by atoms with Crippen LogP contribution in [-0.2, 0) is 16.1 Å². The van der Waals surface area contributed by atoms with Crippen LogP contribution < -0.4 is 10.2 Å². The Morgan fingerprint density at radius 1 is 1.39 bits per heavy atom. The summed E-state index contributed by atoms with van der Waals surface area (Å²) >= 11 is 0. The van der Waals surface area contributed by atoms with Crippen molar-refractivity contribution in [1.29, 1.82) is 0 Å². The number of aromatic nitrogens is 3. The van der Waals surface area contributed by atoms with Gasteiger partial charge < -0.3 is 19.5 Å². The van der Waals surface area contributed by atoms with E-state index in [1.165, 1.54) is 0 Å². The number of nitrogens with zero attached hydrogens (tertiary/aromatic N) is 4. The number of pyridine rings is 1. The zero-order valence-corrected chi connectivity index (χ0v) is 13.2. The summed E-state index contributed by atoms with van der Waals surface area (Å²) in [6.45, 7) is 5.37. The van der Waals surface area contributed by atoms with Gasteiger partial charge in [-0.2, -0.15) is 0 Å². The summed E-state index contributed by atoms with van der Waals surface area (Å²) in [5.41, 5.74) is 1.01. The molecule has 1 saturated heterocycles. The van der Waals surface area contributed by atoms with Crippen molar-refractivity contribution in [2.24, 2.45) is 0 Å². The van der Waals surface area contributed by atoms with Crippen molar-refractivity contribution in [1.82, 2.24) is 19.9 Å². The van der Waals surface area contributed by atoms with Crippen LogP contribution in [0.4, 0.5) is 5.82 Å². The Balaban J connectivity index is 1.65. The molecule has 1 N–H and O–H groups in total. The molecule has 1 unspecified atom stereocenters. The van der Waals surface area contributed by atoms with E-state index in [4.69, 9.17) is 4.74 Å². The third-order valence-corrected chi connectivity index (χ3v) is 3.98. The molecule has 3 heterocycles. The summed E-state index contributed by atoms with van der Waals surface area (Å²) in [6, 6.07) is 3.60. The summed E-state index contributed by atoms with van der Waals surface area (Å²) < 4.78 is 7.16. The molecule has 122 valence electrons. The number of rotatable bonds is 5. The van der Waals surface area contributed by atoms with E-state index in [1.807, 2.05) is 19.1 Å². The van der Waals surface area contributed by atoms with Gasteiger partial charge in [-0.05, 0) is 13.0 Å². The molecule has 3 rings (SSSR count). The number of nitrogens with one attached hydrogen (secondary N) is 1. The Labute approximate surface area is 135 Å². The molecule has 2 aromatic heterocycles. The Morgan fingerprint density at radius 3 is 2.96 bits per heavy atom. The number of hydrogen-bond donors (Lipinski definition) is 1. The van der Waals surface area contributed by atoms with Crippen molar-refractivity contribution >= 4 is 11.7 Å². The van der Waals surface area contributed by atoms with E-state index < -0.39 is 0 Å². The van der Waals surface area contributed by atoms with E-state index >= 15 is 0 Å². The molecule has 7 heteroatoms. The number of carbonyl (C=O) groups excluding carboxylic acids is 1. The summed E-state index contributed by atoms with van der Waals surface area (Å²) in [6.07, 6.45) is 6.88. The van der Waals surface area contributed by atoms with Gasteiger partial charge in [0, 0.05) is 43.8 Å². The number of anilines is 1. The normalized spacial score (nSPS) is 16.1. The lowest BCUT2D eigenvalue weighted by Gasteiger charge is -2.29. The molecule has 1 fully saturated rings. The first kappa shape index (κ1) is 15.5. The molecule has 7 nitrogen and oxygen atoms in total. The fourth-order valence-electron chi connectivity index (χ4n) is 2.59. The number of carbonyl (C=O) groups is 1. The van der Waals surface area contributed by atoms with Crippen LogP contribution in [0.15, 0.2) is 37.1 Å². The van der Waals surface area contributed by atoms with Crippen molar-refractivity contribution in [2.45, 2.75) is 19.5 Å². The van der Waals surface area contributed by atoms with Gasteiger partial charge in [-0.25, -0.2) is 9.97 Å². The second kappa shape index (κ2) is 7.23. The molecule has 23 heavy (non-hydrogen) atoms. The lowest BCUT2D eigenvalue weighted by atomic mass is 10.2. The van der Waals surface area contributed by atoms with Gasteiger partial charge in [0.25, 0.3) is 0 Å². The molecule has 0 bridgehead atoms. The summed E-state index contributed by atoms with van der Waals surface area (Å²) in [4.78, 5) is 22.9. The second-order valence-electron chi connectivity index (χ2n) is 5.49. The number of morpholine rings is 1. The maximum Gasteiger partial charge on any atom is 0.243 e. The molecule has 1 amide bonds.